The van der Waals surface area contributed by atoms with E-state index in [4.69, 9.17) is 0 Å². The van der Waals surface area contributed by atoms with Crippen molar-refractivity contribution in [3.8, 4) is 0 Å². The SMILES string of the molecule is C=CCP(CCC)c1ccccc1. The molecule has 13 heavy (non-hydrogen) atoms. The van der Waals surface area contributed by atoms with E-state index in [0.717, 1.165) is 6.16 Å². The summed E-state index contributed by atoms with van der Waals surface area (Å²) < 4.78 is 0. The second-order valence-corrected chi connectivity index (χ2v) is 5.48. The fraction of sp³-hybridized carbons (Fsp3) is 0.333. The van der Waals surface area contributed by atoms with Gasteiger partial charge >= 0.3 is 0 Å². The van der Waals surface area contributed by atoms with Crippen molar-refractivity contribution in [1.29, 1.82) is 0 Å². The Balaban J connectivity index is 2.69. The summed E-state index contributed by atoms with van der Waals surface area (Å²) in [6, 6.07) is 10.8. The van der Waals surface area contributed by atoms with E-state index < -0.39 is 0 Å². The molecule has 0 saturated carbocycles. The molecule has 0 aromatic heterocycles. The zero-order valence-corrected chi connectivity index (χ0v) is 9.13. The molecule has 1 aromatic rings. The smallest absolute Gasteiger partial charge is 0.0107 e. The summed E-state index contributed by atoms with van der Waals surface area (Å²) in [6.07, 6.45) is 5.81. The van der Waals surface area contributed by atoms with E-state index in [2.05, 4.69) is 43.8 Å². The average Bonchev–Trinajstić information content (AvgIpc) is 2.19. The van der Waals surface area contributed by atoms with Gasteiger partial charge in [0.25, 0.3) is 0 Å². The molecule has 1 unspecified atom stereocenters. The van der Waals surface area contributed by atoms with Gasteiger partial charge in [0.1, 0.15) is 0 Å². The minimum absolute atomic E-state index is 0.0260. The number of allylic oxidation sites excluding steroid dienone is 1. The summed E-state index contributed by atoms with van der Waals surface area (Å²) >= 11 is 0. The fourth-order valence-electron chi connectivity index (χ4n) is 1.39. The van der Waals surface area contributed by atoms with E-state index >= 15 is 0 Å². The topological polar surface area (TPSA) is 0 Å². The van der Waals surface area contributed by atoms with Crippen molar-refractivity contribution in [2.45, 2.75) is 13.3 Å². The maximum Gasteiger partial charge on any atom is -0.0107 e. The van der Waals surface area contributed by atoms with Crippen LogP contribution in [0.25, 0.3) is 0 Å². The Bertz CT molecular complexity index is 241. The molecule has 0 heterocycles. The largest absolute Gasteiger partial charge is 0.103 e. The Hall–Kier alpha value is -0.610. The molecule has 0 radical (unpaired) electrons. The third-order valence-electron chi connectivity index (χ3n) is 1.96. The Morgan fingerprint density at radius 1 is 1.31 bits per heavy atom. The molecule has 0 aliphatic heterocycles. The minimum atomic E-state index is 0.0260. The van der Waals surface area contributed by atoms with Gasteiger partial charge in [-0.25, -0.2) is 0 Å². The van der Waals surface area contributed by atoms with Crippen molar-refractivity contribution in [3.63, 3.8) is 0 Å². The van der Waals surface area contributed by atoms with Gasteiger partial charge < -0.3 is 0 Å². The van der Waals surface area contributed by atoms with Gasteiger partial charge in [0.15, 0.2) is 0 Å². The lowest BCUT2D eigenvalue weighted by Gasteiger charge is -2.14. The van der Waals surface area contributed by atoms with E-state index in [0.29, 0.717) is 0 Å². The van der Waals surface area contributed by atoms with Crippen LogP contribution in [0.3, 0.4) is 0 Å². The molecule has 0 bridgehead atoms. The normalized spacial score (nSPS) is 12.4. The highest BCUT2D eigenvalue weighted by atomic mass is 31.1. The summed E-state index contributed by atoms with van der Waals surface area (Å²) in [7, 11) is 0.0260. The molecule has 0 aliphatic carbocycles. The monoisotopic (exact) mass is 192 g/mol. The van der Waals surface area contributed by atoms with Crippen LogP contribution in [0.5, 0.6) is 0 Å². The lowest BCUT2D eigenvalue weighted by atomic mass is 10.4. The van der Waals surface area contributed by atoms with E-state index in [1.54, 1.807) is 0 Å². The zero-order chi connectivity index (χ0) is 9.52. The summed E-state index contributed by atoms with van der Waals surface area (Å²) in [5.41, 5.74) is 0. The van der Waals surface area contributed by atoms with Crippen LogP contribution in [0.4, 0.5) is 0 Å². The van der Waals surface area contributed by atoms with Crippen LogP contribution >= 0.6 is 7.92 Å². The van der Waals surface area contributed by atoms with Gasteiger partial charge in [-0.05, 0) is 17.6 Å². The molecule has 1 atom stereocenters. The van der Waals surface area contributed by atoms with E-state index in [9.17, 15) is 0 Å². The third kappa shape index (κ3) is 3.32. The second kappa shape index (κ2) is 5.94. The van der Waals surface area contributed by atoms with Gasteiger partial charge in [-0.2, -0.15) is 0 Å². The first-order valence-corrected chi connectivity index (χ1v) is 6.50. The molecular formula is C12H17P. The standard InChI is InChI=1S/C12H17P/c1-3-10-13(11-4-2)12-8-6-5-7-9-12/h3,5-9H,1,4,10-11H2,2H3. The van der Waals surface area contributed by atoms with Gasteiger partial charge in [-0.1, -0.05) is 57.7 Å². The maximum atomic E-state index is 3.82. The Morgan fingerprint density at radius 2 is 2.00 bits per heavy atom. The maximum absolute atomic E-state index is 3.82. The fourth-order valence-corrected chi connectivity index (χ4v) is 3.49. The van der Waals surface area contributed by atoms with E-state index in [1.165, 1.54) is 17.9 Å². The molecule has 0 fully saturated rings. The zero-order valence-electron chi connectivity index (χ0n) is 8.24. The molecule has 0 aliphatic rings. The van der Waals surface area contributed by atoms with Crippen molar-refractivity contribution in [2.24, 2.45) is 0 Å². The number of hydrogen-bond donors (Lipinski definition) is 0. The van der Waals surface area contributed by atoms with Crippen LogP contribution in [-0.4, -0.2) is 12.3 Å². The summed E-state index contributed by atoms with van der Waals surface area (Å²) in [5, 5.41) is 1.51. The molecular weight excluding hydrogens is 175 g/mol. The molecule has 1 rings (SSSR count). The second-order valence-electron chi connectivity index (χ2n) is 3.07. The van der Waals surface area contributed by atoms with E-state index in [1.807, 2.05) is 6.08 Å². The predicted octanol–water partition coefficient (Wildman–Crippen LogP) is 3.39. The highest BCUT2D eigenvalue weighted by Gasteiger charge is 2.06. The lowest BCUT2D eigenvalue weighted by Crippen LogP contribution is -2.04. The first-order valence-electron chi connectivity index (χ1n) is 4.79. The molecule has 70 valence electrons. The van der Waals surface area contributed by atoms with Crippen molar-refractivity contribution >= 4 is 13.2 Å². The first kappa shape index (κ1) is 10.5. The molecule has 0 saturated heterocycles. The van der Waals surface area contributed by atoms with Crippen molar-refractivity contribution < 1.29 is 0 Å². The van der Waals surface area contributed by atoms with Gasteiger partial charge in [0.05, 0.1) is 0 Å². The molecule has 0 spiro atoms. The van der Waals surface area contributed by atoms with Crippen molar-refractivity contribution in [3.05, 3.63) is 43.0 Å². The molecule has 1 heteroatoms. The minimum Gasteiger partial charge on any atom is -0.103 e. The highest BCUT2D eigenvalue weighted by molar-refractivity contribution is 7.65. The van der Waals surface area contributed by atoms with Crippen LogP contribution in [-0.2, 0) is 0 Å². The molecule has 0 amide bonds. The first-order chi connectivity index (χ1) is 6.38. The van der Waals surface area contributed by atoms with Crippen LogP contribution in [0, 0.1) is 0 Å². The van der Waals surface area contributed by atoms with Crippen LogP contribution in [0.1, 0.15) is 13.3 Å². The Labute approximate surface area is 82.4 Å². The third-order valence-corrected chi connectivity index (χ3v) is 4.68. The Morgan fingerprint density at radius 3 is 2.54 bits per heavy atom. The van der Waals surface area contributed by atoms with Gasteiger partial charge in [0, 0.05) is 0 Å². The summed E-state index contributed by atoms with van der Waals surface area (Å²) in [6.45, 7) is 6.08. The number of rotatable bonds is 5. The van der Waals surface area contributed by atoms with Gasteiger partial charge in [-0.15, -0.1) is 6.58 Å². The molecule has 0 nitrogen and oxygen atoms in total. The highest BCUT2D eigenvalue weighted by Crippen LogP contribution is 2.34. The van der Waals surface area contributed by atoms with Gasteiger partial charge in [0.2, 0.25) is 0 Å². The predicted molar refractivity (Wildman–Crippen MR) is 63.2 cm³/mol. The summed E-state index contributed by atoms with van der Waals surface area (Å²) in [5.74, 6) is 0. The van der Waals surface area contributed by atoms with E-state index in [-0.39, 0.29) is 7.92 Å². The molecule has 0 N–H and O–H groups in total. The summed E-state index contributed by atoms with van der Waals surface area (Å²) in [4.78, 5) is 0. The number of benzene rings is 1. The average molecular weight is 192 g/mol. The van der Waals surface area contributed by atoms with Crippen molar-refractivity contribution in [2.75, 3.05) is 12.3 Å². The van der Waals surface area contributed by atoms with Crippen LogP contribution in [0.2, 0.25) is 0 Å². The van der Waals surface area contributed by atoms with Gasteiger partial charge in [-0.3, -0.25) is 0 Å². The molecule has 1 aromatic carbocycles. The Kier molecular flexibility index (Phi) is 4.78. The number of hydrogen-bond acceptors (Lipinski definition) is 0. The lowest BCUT2D eigenvalue weighted by molar-refractivity contribution is 1.10. The van der Waals surface area contributed by atoms with Crippen molar-refractivity contribution in [1.82, 2.24) is 0 Å². The van der Waals surface area contributed by atoms with Crippen LogP contribution in [0.15, 0.2) is 43.0 Å². The van der Waals surface area contributed by atoms with Crippen LogP contribution < -0.4 is 5.30 Å². The quantitative estimate of drug-likeness (QED) is 0.495.